The van der Waals surface area contributed by atoms with Crippen LogP contribution in [0.1, 0.15) is 0 Å². The molecule has 0 saturated carbocycles. The highest BCUT2D eigenvalue weighted by molar-refractivity contribution is 6.30. The monoisotopic (exact) mass is 140 g/mol. The molecule has 1 rings (SSSR count). The summed E-state index contributed by atoms with van der Waals surface area (Å²) in [5.41, 5.74) is 0. The minimum absolute atomic E-state index is 0.523. The van der Waals surface area contributed by atoms with E-state index in [0.717, 1.165) is 0 Å². The van der Waals surface area contributed by atoms with Crippen molar-refractivity contribution in [2.24, 2.45) is 0 Å². The summed E-state index contributed by atoms with van der Waals surface area (Å²) in [5, 5.41) is 0.523. The largest absolute Gasteiger partial charge is 0.496 e. The Balaban J connectivity index is 2.94. The first-order valence-corrected chi connectivity index (χ1v) is 2.83. The molecule has 0 amide bonds. The normalized spacial score (nSPS) is 9.11. The Kier molecular flexibility index (Phi) is 1.96. The van der Waals surface area contributed by atoms with Crippen LogP contribution in [-0.4, -0.2) is 7.11 Å². The molecule has 0 atom stereocenters. The Morgan fingerprint density at radius 1 is 1.56 bits per heavy atom. The van der Waals surface area contributed by atoms with E-state index in [0.29, 0.717) is 10.8 Å². The first-order chi connectivity index (χ1) is 4.33. The van der Waals surface area contributed by atoms with Gasteiger partial charge in [-0.1, -0.05) is 11.6 Å². The van der Waals surface area contributed by atoms with Crippen LogP contribution >= 0.6 is 11.6 Å². The Morgan fingerprint density at radius 3 is 2.78 bits per heavy atom. The van der Waals surface area contributed by atoms with Crippen LogP contribution in [0.15, 0.2) is 12.1 Å². The molecule has 0 aliphatic rings. The molecular weight excluding hydrogens is 136 g/mol. The van der Waals surface area contributed by atoms with Crippen LogP contribution in [0.2, 0.25) is 5.02 Å². The van der Waals surface area contributed by atoms with E-state index in [4.69, 9.17) is 16.3 Å². The number of hydrogen-bond donors (Lipinski definition) is 0. The van der Waals surface area contributed by atoms with Gasteiger partial charge >= 0.3 is 0 Å². The SMILES string of the molecule is COc1[c]c(Cl)c[c]c1. The third-order valence-corrected chi connectivity index (χ3v) is 1.09. The minimum Gasteiger partial charge on any atom is -0.496 e. The van der Waals surface area contributed by atoms with Crippen molar-refractivity contribution in [3.05, 3.63) is 29.3 Å². The topological polar surface area (TPSA) is 9.23 Å². The van der Waals surface area contributed by atoms with Crippen LogP contribution in [0.3, 0.4) is 0 Å². The summed E-state index contributed by atoms with van der Waals surface area (Å²) in [7, 11) is 1.57. The van der Waals surface area contributed by atoms with Crippen LogP contribution in [0.5, 0.6) is 5.75 Å². The average molecular weight is 141 g/mol. The summed E-state index contributed by atoms with van der Waals surface area (Å²) in [6, 6.07) is 8.86. The summed E-state index contributed by atoms with van der Waals surface area (Å²) < 4.78 is 4.82. The zero-order valence-electron chi connectivity index (χ0n) is 4.94. The van der Waals surface area contributed by atoms with Crippen molar-refractivity contribution < 1.29 is 4.74 Å². The van der Waals surface area contributed by atoms with Gasteiger partial charge in [-0.05, 0) is 18.2 Å². The Morgan fingerprint density at radius 2 is 2.33 bits per heavy atom. The molecule has 0 N–H and O–H groups in total. The summed E-state index contributed by atoms with van der Waals surface area (Å²) in [4.78, 5) is 0. The predicted octanol–water partition coefficient (Wildman–Crippen LogP) is 1.95. The fourth-order valence-corrected chi connectivity index (χ4v) is 0.646. The molecule has 0 aliphatic heterocycles. The van der Waals surface area contributed by atoms with Gasteiger partial charge in [0.25, 0.3) is 0 Å². The van der Waals surface area contributed by atoms with Gasteiger partial charge in [0.1, 0.15) is 5.75 Å². The summed E-state index contributed by atoms with van der Waals surface area (Å²) in [5.74, 6) is 0.613. The maximum absolute atomic E-state index is 5.56. The quantitative estimate of drug-likeness (QED) is 0.580. The van der Waals surface area contributed by atoms with E-state index in [2.05, 4.69) is 12.1 Å². The lowest BCUT2D eigenvalue weighted by Gasteiger charge is -1.95. The van der Waals surface area contributed by atoms with E-state index < -0.39 is 0 Å². The third kappa shape index (κ3) is 1.61. The van der Waals surface area contributed by atoms with Gasteiger partial charge < -0.3 is 4.74 Å². The third-order valence-electron chi connectivity index (χ3n) is 0.887. The Hall–Kier alpha value is -0.690. The molecular formula is C7H5ClO. The smallest absolute Gasteiger partial charge is 0.129 e. The lowest BCUT2D eigenvalue weighted by atomic mass is 10.3. The first kappa shape index (κ1) is 6.43. The van der Waals surface area contributed by atoms with Gasteiger partial charge in [-0.3, -0.25) is 0 Å². The zero-order chi connectivity index (χ0) is 6.69. The van der Waals surface area contributed by atoms with Crippen LogP contribution in [0, 0.1) is 12.1 Å². The van der Waals surface area contributed by atoms with Crippen LogP contribution in [0.25, 0.3) is 0 Å². The van der Waals surface area contributed by atoms with Crippen molar-refractivity contribution >= 4 is 11.6 Å². The van der Waals surface area contributed by atoms with Crippen molar-refractivity contribution in [2.75, 3.05) is 7.11 Å². The second-order valence-electron chi connectivity index (χ2n) is 1.50. The van der Waals surface area contributed by atoms with Gasteiger partial charge in [0.2, 0.25) is 0 Å². The molecule has 0 aromatic heterocycles. The fourth-order valence-electron chi connectivity index (χ4n) is 0.490. The standard InChI is InChI=1S/C7H5ClO/c1-9-7-4-2-3-6(8)5-7/h3-4H,1H3. The van der Waals surface area contributed by atoms with Crippen molar-refractivity contribution in [2.45, 2.75) is 0 Å². The zero-order valence-corrected chi connectivity index (χ0v) is 5.70. The highest BCUT2D eigenvalue weighted by Gasteiger charge is 1.90. The van der Waals surface area contributed by atoms with Crippen LogP contribution in [-0.2, 0) is 0 Å². The van der Waals surface area contributed by atoms with Gasteiger partial charge in [0, 0.05) is 6.07 Å². The van der Waals surface area contributed by atoms with Crippen LogP contribution < -0.4 is 4.74 Å². The molecule has 9 heavy (non-hydrogen) atoms. The molecule has 1 aromatic rings. The number of ether oxygens (including phenoxy) is 1. The van der Waals surface area contributed by atoms with E-state index in [1.807, 2.05) is 0 Å². The second kappa shape index (κ2) is 2.74. The molecule has 0 saturated heterocycles. The molecule has 1 aromatic carbocycles. The summed E-state index contributed by atoms with van der Waals surface area (Å²) in [6.07, 6.45) is 0. The van der Waals surface area contributed by atoms with Crippen molar-refractivity contribution in [3.63, 3.8) is 0 Å². The Bertz CT molecular complexity index is 198. The van der Waals surface area contributed by atoms with Crippen molar-refractivity contribution in [3.8, 4) is 5.75 Å². The molecule has 0 aliphatic carbocycles. The molecule has 46 valence electrons. The van der Waals surface area contributed by atoms with Gasteiger partial charge in [-0.25, -0.2) is 0 Å². The van der Waals surface area contributed by atoms with Crippen LogP contribution in [0.4, 0.5) is 0 Å². The highest BCUT2D eigenvalue weighted by Crippen LogP contribution is 2.14. The number of benzene rings is 1. The molecule has 0 unspecified atom stereocenters. The number of halogens is 1. The average Bonchev–Trinajstić information content (AvgIpc) is 1.88. The van der Waals surface area contributed by atoms with Crippen molar-refractivity contribution in [1.82, 2.24) is 0 Å². The van der Waals surface area contributed by atoms with E-state index in [1.165, 1.54) is 0 Å². The molecule has 0 heterocycles. The van der Waals surface area contributed by atoms with Gasteiger partial charge in [0.05, 0.1) is 12.1 Å². The molecule has 0 bridgehead atoms. The second-order valence-corrected chi connectivity index (χ2v) is 1.90. The van der Waals surface area contributed by atoms with Gasteiger partial charge in [-0.2, -0.15) is 0 Å². The van der Waals surface area contributed by atoms with Gasteiger partial charge in [-0.15, -0.1) is 0 Å². The number of hydrogen-bond acceptors (Lipinski definition) is 1. The highest BCUT2D eigenvalue weighted by atomic mass is 35.5. The molecule has 0 fully saturated rings. The molecule has 1 nitrogen and oxygen atoms in total. The number of rotatable bonds is 1. The van der Waals surface area contributed by atoms with Gasteiger partial charge in [0.15, 0.2) is 0 Å². The lowest BCUT2D eigenvalue weighted by molar-refractivity contribution is 0.414. The maximum Gasteiger partial charge on any atom is 0.129 e. The molecule has 2 heteroatoms. The van der Waals surface area contributed by atoms with E-state index in [-0.39, 0.29) is 0 Å². The summed E-state index contributed by atoms with van der Waals surface area (Å²) >= 11 is 5.56. The Labute approximate surface area is 59.2 Å². The number of methoxy groups -OCH3 is 1. The van der Waals surface area contributed by atoms with E-state index >= 15 is 0 Å². The minimum atomic E-state index is 0.523. The fraction of sp³-hybridized carbons (Fsp3) is 0.143. The molecule has 2 radical (unpaired) electrons. The van der Waals surface area contributed by atoms with E-state index in [1.54, 1.807) is 19.2 Å². The first-order valence-electron chi connectivity index (χ1n) is 2.46. The van der Waals surface area contributed by atoms with E-state index in [9.17, 15) is 0 Å². The lowest BCUT2D eigenvalue weighted by Crippen LogP contribution is -1.80. The maximum atomic E-state index is 5.56. The predicted molar refractivity (Wildman–Crippen MR) is 35.7 cm³/mol. The summed E-state index contributed by atoms with van der Waals surface area (Å²) in [6.45, 7) is 0. The van der Waals surface area contributed by atoms with Crippen molar-refractivity contribution in [1.29, 1.82) is 0 Å². The molecule has 0 spiro atoms.